The molecule has 132 valence electrons. The highest BCUT2D eigenvalue weighted by Gasteiger charge is 2.42. The van der Waals surface area contributed by atoms with E-state index in [1.165, 1.54) is 24.3 Å². The van der Waals surface area contributed by atoms with E-state index in [2.05, 4.69) is 6.58 Å². The van der Waals surface area contributed by atoms with Gasteiger partial charge in [-0.05, 0) is 31.2 Å². The van der Waals surface area contributed by atoms with E-state index in [4.69, 9.17) is 10.00 Å². The molecule has 1 aliphatic rings. The molecule has 1 heterocycles. The minimum absolute atomic E-state index is 0.0151. The van der Waals surface area contributed by atoms with Gasteiger partial charge >= 0.3 is 0 Å². The van der Waals surface area contributed by atoms with Gasteiger partial charge in [0, 0.05) is 11.6 Å². The summed E-state index contributed by atoms with van der Waals surface area (Å²) in [6.07, 6.45) is 1.32. The van der Waals surface area contributed by atoms with Crippen molar-refractivity contribution in [3.63, 3.8) is 0 Å². The average Bonchev–Trinajstić information content (AvgIpc) is 2.78. The van der Waals surface area contributed by atoms with Crippen molar-refractivity contribution in [2.45, 2.75) is 11.8 Å². The molecule has 2 aromatic rings. The number of halogens is 1. The largest absolute Gasteiger partial charge is 0.457 e. The first-order chi connectivity index (χ1) is 12.3. The number of carbonyl (C=O) groups is 1. The summed E-state index contributed by atoms with van der Waals surface area (Å²) in [5.41, 5.74) is 0.404. The predicted octanol–water partition coefficient (Wildman–Crippen LogP) is 3.13. The maximum Gasteiger partial charge on any atom is 0.269 e. The molecule has 8 heteroatoms. The van der Waals surface area contributed by atoms with Crippen LogP contribution in [0.25, 0.3) is 0 Å². The smallest absolute Gasteiger partial charge is 0.269 e. The highest BCUT2D eigenvalue weighted by molar-refractivity contribution is 7.90. The quantitative estimate of drug-likeness (QED) is 0.770. The molecule has 0 aromatic heterocycles. The van der Waals surface area contributed by atoms with Gasteiger partial charge in [-0.25, -0.2) is 17.1 Å². The number of hydrogen-bond acceptors (Lipinski definition) is 5. The monoisotopic (exact) mass is 372 g/mol. The lowest BCUT2D eigenvalue weighted by atomic mass is 10.1. The second-order valence-electron chi connectivity index (χ2n) is 5.58. The number of sulfonamides is 1. The summed E-state index contributed by atoms with van der Waals surface area (Å²) in [7, 11) is -3.93. The molecule has 0 saturated heterocycles. The Morgan fingerprint density at radius 2 is 2.08 bits per heavy atom. The van der Waals surface area contributed by atoms with E-state index < -0.39 is 21.7 Å². The topological polar surface area (TPSA) is 87.5 Å². The molecule has 0 saturated carbocycles. The molecule has 6 nitrogen and oxygen atoms in total. The fourth-order valence-corrected chi connectivity index (χ4v) is 4.31. The van der Waals surface area contributed by atoms with Crippen LogP contribution in [0.4, 0.5) is 4.39 Å². The first kappa shape index (κ1) is 17.6. The Labute approximate surface area is 149 Å². The molecule has 0 aliphatic carbocycles. The van der Waals surface area contributed by atoms with E-state index in [-0.39, 0.29) is 34.1 Å². The van der Waals surface area contributed by atoms with Crippen LogP contribution in [0.5, 0.6) is 11.5 Å². The van der Waals surface area contributed by atoms with Crippen molar-refractivity contribution in [2.24, 2.45) is 0 Å². The van der Waals surface area contributed by atoms with E-state index >= 15 is 0 Å². The zero-order valence-electron chi connectivity index (χ0n) is 13.7. The Morgan fingerprint density at radius 3 is 2.73 bits per heavy atom. The van der Waals surface area contributed by atoms with Crippen molar-refractivity contribution < 1.29 is 22.3 Å². The summed E-state index contributed by atoms with van der Waals surface area (Å²) >= 11 is 0. The van der Waals surface area contributed by atoms with Crippen molar-refractivity contribution in [1.29, 1.82) is 5.26 Å². The van der Waals surface area contributed by atoms with Crippen LogP contribution in [0.1, 0.15) is 21.5 Å². The summed E-state index contributed by atoms with van der Waals surface area (Å²) in [6, 6.07) is 7.99. The number of benzene rings is 2. The lowest BCUT2D eigenvalue weighted by molar-refractivity contribution is 0.0879. The van der Waals surface area contributed by atoms with Gasteiger partial charge in [-0.15, -0.1) is 6.58 Å². The molecule has 0 atom stereocenters. The number of rotatable bonds is 4. The molecular weight excluding hydrogens is 359 g/mol. The zero-order valence-corrected chi connectivity index (χ0v) is 14.5. The van der Waals surface area contributed by atoms with Gasteiger partial charge in [0.1, 0.15) is 22.2 Å². The molecule has 0 spiro atoms. The van der Waals surface area contributed by atoms with Gasteiger partial charge in [-0.1, -0.05) is 6.08 Å². The van der Waals surface area contributed by atoms with E-state index in [1.807, 2.05) is 6.07 Å². The molecule has 0 unspecified atom stereocenters. The van der Waals surface area contributed by atoms with Crippen LogP contribution in [-0.4, -0.2) is 25.2 Å². The average molecular weight is 372 g/mol. The summed E-state index contributed by atoms with van der Waals surface area (Å²) in [4.78, 5) is 12.4. The highest BCUT2D eigenvalue weighted by atomic mass is 32.2. The number of nitrogens with zero attached hydrogens (tertiary/aromatic N) is 2. The van der Waals surface area contributed by atoms with Gasteiger partial charge in [0.15, 0.2) is 0 Å². The number of amides is 1. The second kappa shape index (κ2) is 6.28. The molecule has 2 aromatic carbocycles. The zero-order chi connectivity index (χ0) is 19.1. The summed E-state index contributed by atoms with van der Waals surface area (Å²) in [6.45, 7) is 4.87. The molecule has 0 fully saturated rings. The van der Waals surface area contributed by atoms with Crippen molar-refractivity contribution in [2.75, 3.05) is 6.54 Å². The van der Waals surface area contributed by atoms with Crippen LogP contribution in [0.3, 0.4) is 0 Å². The molecule has 26 heavy (non-hydrogen) atoms. The lowest BCUT2D eigenvalue weighted by Gasteiger charge is -2.11. The number of nitriles is 1. The first-order valence-electron chi connectivity index (χ1n) is 7.49. The second-order valence-corrected chi connectivity index (χ2v) is 7.41. The first-order valence-corrected chi connectivity index (χ1v) is 8.93. The van der Waals surface area contributed by atoms with Crippen molar-refractivity contribution in [3.8, 4) is 17.6 Å². The van der Waals surface area contributed by atoms with Crippen LogP contribution in [0, 0.1) is 24.1 Å². The van der Waals surface area contributed by atoms with Gasteiger partial charge in [0.25, 0.3) is 15.9 Å². The van der Waals surface area contributed by atoms with Crippen molar-refractivity contribution >= 4 is 15.9 Å². The Balaban J connectivity index is 2.07. The van der Waals surface area contributed by atoms with Crippen LogP contribution in [0.15, 0.2) is 47.9 Å². The maximum absolute atomic E-state index is 13.6. The highest BCUT2D eigenvalue weighted by Crippen LogP contribution is 2.38. The van der Waals surface area contributed by atoms with Crippen LogP contribution in [0.2, 0.25) is 0 Å². The van der Waals surface area contributed by atoms with E-state index in [9.17, 15) is 17.6 Å². The van der Waals surface area contributed by atoms with E-state index in [1.54, 1.807) is 6.92 Å². The molecule has 0 radical (unpaired) electrons. The Bertz CT molecular complexity index is 1090. The lowest BCUT2D eigenvalue weighted by Crippen LogP contribution is -2.30. The minimum Gasteiger partial charge on any atom is -0.457 e. The fourth-order valence-electron chi connectivity index (χ4n) is 2.72. The predicted molar refractivity (Wildman–Crippen MR) is 90.8 cm³/mol. The van der Waals surface area contributed by atoms with Gasteiger partial charge in [0.05, 0.1) is 23.7 Å². The Morgan fingerprint density at radius 1 is 1.35 bits per heavy atom. The standard InChI is InChI=1S/C18H13FN2O4S/c1-3-6-21-18(22)17-11(2)15(4-5-16(17)26(21,23)24)25-14-8-12(10-20)7-13(19)9-14/h3-5,7-9H,1,6H2,2H3. The molecule has 3 rings (SSSR count). The van der Waals surface area contributed by atoms with Crippen LogP contribution < -0.4 is 4.74 Å². The third-order valence-electron chi connectivity index (χ3n) is 3.91. The number of ether oxygens (including phenoxy) is 1. The SMILES string of the molecule is C=CCN1C(=O)c2c(ccc(Oc3cc(F)cc(C#N)c3)c2C)S1(=O)=O. The number of hydrogen-bond donors (Lipinski definition) is 0. The Kier molecular flexibility index (Phi) is 4.26. The third kappa shape index (κ3) is 2.72. The number of fused-ring (bicyclic) bond motifs is 1. The van der Waals surface area contributed by atoms with E-state index in [0.29, 0.717) is 5.56 Å². The third-order valence-corrected chi connectivity index (χ3v) is 5.70. The molecule has 0 N–H and O–H groups in total. The Hall–Kier alpha value is -3.18. The maximum atomic E-state index is 13.6. The van der Waals surface area contributed by atoms with Crippen molar-refractivity contribution in [3.05, 3.63) is 65.5 Å². The van der Waals surface area contributed by atoms with Gasteiger partial charge in [-0.3, -0.25) is 4.79 Å². The normalized spacial score (nSPS) is 14.7. The van der Waals surface area contributed by atoms with E-state index in [0.717, 1.165) is 16.4 Å². The van der Waals surface area contributed by atoms with Crippen LogP contribution >= 0.6 is 0 Å². The summed E-state index contributed by atoms with van der Waals surface area (Å²) in [5, 5.41) is 8.91. The summed E-state index contributed by atoms with van der Waals surface area (Å²) in [5.74, 6) is -1.04. The molecular formula is C18H13FN2O4S. The van der Waals surface area contributed by atoms with Crippen molar-refractivity contribution in [1.82, 2.24) is 4.31 Å². The number of carbonyl (C=O) groups excluding carboxylic acids is 1. The molecule has 0 bridgehead atoms. The fraction of sp³-hybridized carbons (Fsp3) is 0.111. The molecule has 1 amide bonds. The van der Waals surface area contributed by atoms with Gasteiger partial charge in [0.2, 0.25) is 0 Å². The minimum atomic E-state index is -3.93. The van der Waals surface area contributed by atoms with Gasteiger partial charge in [-0.2, -0.15) is 5.26 Å². The van der Waals surface area contributed by atoms with Crippen LogP contribution in [-0.2, 0) is 10.0 Å². The molecule has 1 aliphatic heterocycles. The van der Waals surface area contributed by atoms with Gasteiger partial charge < -0.3 is 4.74 Å². The summed E-state index contributed by atoms with van der Waals surface area (Å²) < 4.78 is 44.8.